The van der Waals surface area contributed by atoms with Gasteiger partial charge in [0.25, 0.3) is 0 Å². The fourth-order valence-electron chi connectivity index (χ4n) is 3.67. The van der Waals surface area contributed by atoms with Gasteiger partial charge in [0.05, 0.1) is 24.1 Å². The Hall–Kier alpha value is -3.02. The number of aryl methyl sites for hydroxylation is 1. The number of hydrogen-bond donors (Lipinski definition) is 1. The number of fused-ring (bicyclic) bond motifs is 1. The molecule has 0 atom stereocenters. The average Bonchev–Trinajstić information content (AvgIpc) is 3.17. The van der Waals surface area contributed by atoms with E-state index in [4.69, 9.17) is 32.9 Å². The Labute approximate surface area is 203 Å². The van der Waals surface area contributed by atoms with Gasteiger partial charge in [0, 0.05) is 29.6 Å². The minimum atomic E-state index is -0.0173. The number of carbonyl (C=O) groups excluding carboxylic acids is 1. The first-order valence-electron chi connectivity index (χ1n) is 10.9. The van der Waals surface area contributed by atoms with Crippen molar-refractivity contribution in [2.75, 3.05) is 13.2 Å². The Balaban J connectivity index is 1.32. The van der Waals surface area contributed by atoms with Crippen LogP contribution in [0.15, 0.2) is 72.8 Å². The molecule has 0 saturated carbocycles. The molecule has 170 valence electrons. The van der Waals surface area contributed by atoms with E-state index in [9.17, 15) is 4.79 Å². The summed E-state index contributed by atoms with van der Waals surface area (Å²) >= 11 is 11.8. The molecule has 4 rings (SSSR count). The summed E-state index contributed by atoms with van der Waals surface area (Å²) in [5.74, 6) is 1.74. The molecule has 7 heteroatoms. The number of rotatable bonds is 10. The van der Waals surface area contributed by atoms with E-state index >= 15 is 0 Å². The summed E-state index contributed by atoms with van der Waals surface area (Å²) in [7, 11) is 0. The largest absolute Gasteiger partial charge is 0.494 e. The number of amides is 1. The molecule has 0 aliphatic heterocycles. The fraction of sp³-hybridized carbons (Fsp3) is 0.231. The monoisotopic (exact) mass is 481 g/mol. The van der Waals surface area contributed by atoms with Crippen LogP contribution in [0.2, 0.25) is 10.0 Å². The Morgan fingerprint density at radius 3 is 2.39 bits per heavy atom. The highest BCUT2D eigenvalue weighted by atomic mass is 35.5. The molecular weight excluding hydrogens is 457 g/mol. The molecule has 0 saturated heterocycles. The Bertz CT molecular complexity index is 1200. The highest BCUT2D eigenvalue weighted by Crippen LogP contribution is 2.18. The molecule has 4 aromatic rings. The zero-order valence-electron chi connectivity index (χ0n) is 18.1. The third kappa shape index (κ3) is 6.50. The van der Waals surface area contributed by atoms with Crippen molar-refractivity contribution in [3.05, 3.63) is 94.2 Å². The van der Waals surface area contributed by atoms with Crippen LogP contribution < -0.4 is 10.1 Å². The molecule has 0 aliphatic rings. The second kappa shape index (κ2) is 11.2. The highest BCUT2D eigenvalue weighted by molar-refractivity contribution is 6.30. The second-order valence-corrected chi connectivity index (χ2v) is 8.60. The van der Waals surface area contributed by atoms with Crippen molar-refractivity contribution >= 4 is 40.1 Å². The van der Waals surface area contributed by atoms with Gasteiger partial charge in [-0.25, -0.2) is 4.98 Å². The van der Waals surface area contributed by atoms with E-state index in [0.717, 1.165) is 41.1 Å². The Kier molecular flexibility index (Phi) is 7.87. The normalized spacial score (nSPS) is 11.0. The van der Waals surface area contributed by atoms with Crippen LogP contribution in [0, 0.1) is 0 Å². The van der Waals surface area contributed by atoms with Crippen molar-refractivity contribution in [2.24, 2.45) is 0 Å². The van der Waals surface area contributed by atoms with Gasteiger partial charge >= 0.3 is 0 Å². The van der Waals surface area contributed by atoms with Crippen LogP contribution in [0.4, 0.5) is 0 Å². The lowest BCUT2D eigenvalue weighted by molar-refractivity contribution is -0.120. The van der Waals surface area contributed by atoms with Crippen LogP contribution in [0.25, 0.3) is 11.0 Å². The van der Waals surface area contributed by atoms with Gasteiger partial charge in [0.15, 0.2) is 0 Å². The van der Waals surface area contributed by atoms with Gasteiger partial charge in [-0.15, -0.1) is 0 Å². The van der Waals surface area contributed by atoms with Gasteiger partial charge in [0.2, 0.25) is 5.91 Å². The summed E-state index contributed by atoms with van der Waals surface area (Å²) in [5.41, 5.74) is 2.98. The van der Waals surface area contributed by atoms with Gasteiger partial charge in [-0.2, -0.15) is 0 Å². The lowest BCUT2D eigenvalue weighted by Gasteiger charge is -2.11. The molecule has 0 unspecified atom stereocenters. The predicted molar refractivity (Wildman–Crippen MR) is 133 cm³/mol. The molecule has 0 fully saturated rings. The maximum Gasteiger partial charge on any atom is 0.224 e. The van der Waals surface area contributed by atoms with Crippen molar-refractivity contribution in [1.29, 1.82) is 0 Å². The fourth-order valence-corrected chi connectivity index (χ4v) is 3.93. The maximum absolute atomic E-state index is 12.3. The first kappa shape index (κ1) is 23.1. The van der Waals surface area contributed by atoms with Crippen LogP contribution in [-0.2, 0) is 24.2 Å². The van der Waals surface area contributed by atoms with E-state index in [-0.39, 0.29) is 5.91 Å². The van der Waals surface area contributed by atoms with Crippen molar-refractivity contribution < 1.29 is 9.53 Å². The van der Waals surface area contributed by atoms with Crippen LogP contribution in [0.3, 0.4) is 0 Å². The summed E-state index contributed by atoms with van der Waals surface area (Å²) in [6.45, 7) is 1.89. The number of nitrogens with zero attached hydrogens (tertiary/aromatic N) is 2. The highest BCUT2D eigenvalue weighted by Gasteiger charge is 2.11. The van der Waals surface area contributed by atoms with Crippen molar-refractivity contribution in [1.82, 2.24) is 14.9 Å². The summed E-state index contributed by atoms with van der Waals surface area (Å²) in [4.78, 5) is 17.1. The summed E-state index contributed by atoms with van der Waals surface area (Å²) < 4.78 is 8.04. The second-order valence-electron chi connectivity index (χ2n) is 7.73. The molecule has 0 bridgehead atoms. The van der Waals surface area contributed by atoms with Crippen molar-refractivity contribution in [3.8, 4) is 5.75 Å². The molecule has 0 aliphatic carbocycles. The minimum absolute atomic E-state index is 0.0173. The first-order valence-corrected chi connectivity index (χ1v) is 11.7. The number of para-hydroxylation sites is 2. The van der Waals surface area contributed by atoms with Crippen LogP contribution in [0.5, 0.6) is 5.75 Å². The number of aromatic nitrogens is 2. The number of benzene rings is 3. The van der Waals surface area contributed by atoms with Gasteiger partial charge in [-0.1, -0.05) is 47.5 Å². The zero-order valence-corrected chi connectivity index (χ0v) is 19.6. The summed E-state index contributed by atoms with van der Waals surface area (Å²) in [5, 5.41) is 4.35. The maximum atomic E-state index is 12.3. The van der Waals surface area contributed by atoms with Gasteiger partial charge in [-0.3, -0.25) is 4.79 Å². The lowest BCUT2D eigenvalue weighted by Crippen LogP contribution is -2.28. The number of carbonyl (C=O) groups is 1. The van der Waals surface area contributed by atoms with E-state index < -0.39 is 0 Å². The minimum Gasteiger partial charge on any atom is -0.494 e. The average molecular weight is 482 g/mol. The van der Waals surface area contributed by atoms with Crippen LogP contribution in [0.1, 0.15) is 17.8 Å². The Morgan fingerprint density at radius 1 is 0.939 bits per heavy atom. The van der Waals surface area contributed by atoms with Gasteiger partial charge in [-0.05, 0) is 60.5 Å². The molecule has 1 aromatic heterocycles. The van der Waals surface area contributed by atoms with E-state index in [1.165, 1.54) is 0 Å². The number of halogens is 2. The topological polar surface area (TPSA) is 56.2 Å². The van der Waals surface area contributed by atoms with E-state index in [1.807, 2.05) is 54.6 Å². The van der Waals surface area contributed by atoms with E-state index in [2.05, 4.69) is 16.0 Å². The van der Waals surface area contributed by atoms with E-state index in [0.29, 0.717) is 36.0 Å². The molecule has 1 N–H and O–H groups in total. The van der Waals surface area contributed by atoms with Crippen molar-refractivity contribution in [2.45, 2.75) is 25.8 Å². The van der Waals surface area contributed by atoms with Gasteiger partial charge in [0.1, 0.15) is 11.6 Å². The van der Waals surface area contributed by atoms with E-state index in [1.54, 1.807) is 12.1 Å². The molecule has 1 heterocycles. The quantitative estimate of drug-likeness (QED) is 0.295. The standard InChI is InChI=1S/C26H25Cl2N3O2/c27-20-8-6-19(7-9-20)18-26(32)29-15-14-25-30-23-4-1-2-5-24(23)31(25)16-3-17-33-22-12-10-21(28)11-13-22/h1-2,4-13H,3,14-18H2,(H,29,32). The lowest BCUT2D eigenvalue weighted by atomic mass is 10.1. The molecule has 0 radical (unpaired) electrons. The molecule has 5 nitrogen and oxygen atoms in total. The number of nitrogens with one attached hydrogen (secondary N) is 1. The number of imidazole rings is 1. The summed E-state index contributed by atoms with van der Waals surface area (Å²) in [6, 6.07) is 22.8. The molecule has 33 heavy (non-hydrogen) atoms. The van der Waals surface area contributed by atoms with Crippen molar-refractivity contribution in [3.63, 3.8) is 0 Å². The molecule has 1 amide bonds. The summed E-state index contributed by atoms with van der Waals surface area (Å²) in [6.07, 6.45) is 1.81. The Morgan fingerprint density at radius 2 is 1.64 bits per heavy atom. The molecular formula is C26H25Cl2N3O2. The van der Waals surface area contributed by atoms with Crippen LogP contribution in [-0.4, -0.2) is 28.6 Å². The molecule has 3 aromatic carbocycles. The van der Waals surface area contributed by atoms with Gasteiger partial charge < -0.3 is 14.6 Å². The third-order valence-corrected chi connectivity index (χ3v) is 5.79. The van der Waals surface area contributed by atoms with Crippen LogP contribution >= 0.6 is 23.2 Å². The zero-order chi connectivity index (χ0) is 23.0. The first-order chi connectivity index (χ1) is 16.1. The predicted octanol–water partition coefficient (Wildman–Crippen LogP) is 5.71. The molecule has 0 spiro atoms. The number of hydrogen-bond acceptors (Lipinski definition) is 3. The third-order valence-electron chi connectivity index (χ3n) is 5.29. The smallest absolute Gasteiger partial charge is 0.224 e. The SMILES string of the molecule is O=C(Cc1ccc(Cl)cc1)NCCc1nc2ccccc2n1CCCOc1ccc(Cl)cc1. The number of ether oxygens (including phenoxy) is 1.